The highest BCUT2D eigenvalue weighted by Gasteiger charge is 2.17. The average Bonchev–Trinajstić information content (AvgIpc) is 2.43. The smallest absolute Gasteiger partial charge is 0.0615 e. The van der Waals surface area contributed by atoms with Crippen LogP contribution in [0.1, 0.15) is 32.6 Å². The number of hydrogen-bond acceptors (Lipinski definition) is 3. The van der Waals surface area contributed by atoms with Gasteiger partial charge in [-0.25, -0.2) is 0 Å². The summed E-state index contributed by atoms with van der Waals surface area (Å²) in [6.45, 7) is 5.53. The fraction of sp³-hybridized carbons (Fsp3) is 1.00. The van der Waals surface area contributed by atoms with Crippen molar-refractivity contribution in [2.75, 3.05) is 33.9 Å². The maximum absolute atomic E-state index is 5.22. The molecule has 0 radical (unpaired) electrons. The number of nitrogens with zero attached hydrogens (tertiary/aromatic N) is 1. The van der Waals surface area contributed by atoms with E-state index in [4.69, 9.17) is 4.74 Å². The Balaban J connectivity index is 2.29. The van der Waals surface area contributed by atoms with Crippen molar-refractivity contribution < 1.29 is 4.74 Å². The zero-order valence-corrected chi connectivity index (χ0v) is 10.5. The van der Waals surface area contributed by atoms with Crippen molar-refractivity contribution >= 4 is 0 Å². The molecule has 0 spiro atoms. The highest BCUT2D eigenvalue weighted by Crippen LogP contribution is 2.11. The Morgan fingerprint density at radius 2 is 2.20 bits per heavy atom. The molecule has 3 nitrogen and oxygen atoms in total. The van der Waals surface area contributed by atoms with Gasteiger partial charge in [0.25, 0.3) is 0 Å². The molecule has 0 aromatic carbocycles. The lowest BCUT2D eigenvalue weighted by Gasteiger charge is -2.23. The van der Waals surface area contributed by atoms with Crippen LogP contribution in [0.2, 0.25) is 0 Å². The molecular weight excluding hydrogens is 188 g/mol. The fourth-order valence-corrected chi connectivity index (χ4v) is 2.22. The molecule has 1 N–H and O–H groups in total. The fourth-order valence-electron chi connectivity index (χ4n) is 2.22. The molecule has 0 saturated carbocycles. The summed E-state index contributed by atoms with van der Waals surface area (Å²) in [6.07, 6.45) is 5.05. The van der Waals surface area contributed by atoms with Gasteiger partial charge in [-0.15, -0.1) is 0 Å². The second kappa shape index (κ2) is 7.20. The van der Waals surface area contributed by atoms with E-state index in [-0.39, 0.29) is 0 Å². The molecule has 15 heavy (non-hydrogen) atoms. The highest BCUT2D eigenvalue weighted by molar-refractivity contribution is 4.77. The number of ether oxygens (including phenoxy) is 1. The monoisotopic (exact) mass is 214 g/mol. The molecule has 90 valence electrons. The Morgan fingerprint density at radius 3 is 2.87 bits per heavy atom. The van der Waals surface area contributed by atoms with Crippen LogP contribution in [0.4, 0.5) is 0 Å². The molecule has 0 amide bonds. The zero-order valence-electron chi connectivity index (χ0n) is 10.5. The van der Waals surface area contributed by atoms with Gasteiger partial charge in [0.05, 0.1) is 6.61 Å². The van der Waals surface area contributed by atoms with E-state index in [1.165, 1.54) is 32.4 Å². The molecule has 1 saturated heterocycles. The average molecular weight is 214 g/mol. The van der Waals surface area contributed by atoms with E-state index in [2.05, 4.69) is 24.2 Å². The van der Waals surface area contributed by atoms with Crippen LogP contribution in [-0.4, -0.2) is 50.8 Å². The molecule has 3 heteroatoms. The summed E-state index contributed by atoms with van der Waals surface area (Å²) in [4.78, 5) is 2.43. The quantitative estimate of drug-likeness (QED) is 0.750. The first-order valence-corrected chi connectivity index (χ1v) is 6.19. The lowest BCUT2D eigenvalue weighted by atomic mass is 10.1. The molecule has 0 aromatic heterocycles. The van der Waals surface area contributed by atoms with Gasteiger partial charge < -0.3 is 15.0 Å². The maximum atomic E-state index is 5.22. The highest BCUT2D eigenvalue weighted by atomic mass is 16.5. The lowest BCUT2D eigenvalue weighted by molar-refractivity contribution is 0.156. The molecule has 1 fully saturated rings. The minimum absolute atomic E-state index is 0.531. The van der Waals surface area contributed by atoms with E-state index in [0.29, 0.717) is 12.1 Å². The SMILES string of the molecule is CCC(COC)NC1CCCN(C)CC1. The summed E-state index contributed by atoms with van der Waals surface area (Å²) in [7, 11) is 4.00. The number of hydrogen-bond donors (Lipinski definition) is 1. The lowest BCUT2D eigenvalue weighted by Crippen LogP contribution is -2.41. The van der Waals surface area contributed by atoms with Gasteiger partial charge in [0.1, 0.15) is 0 Å². The summed E-state index contributed by atoms with van der Waals surface area (Å²) in [5.74, 6) is 0. The number of likely N-dealkylation sites (tertiary alicyclic amines) is 1. The van der Waals surface area contributed by atoms with Gasteiger partial charge in [-0.05, 0) is 45.8 Å². The first-order chi connectivity index (χ1) is 7.26. The molecule has 1 aliphatic heterocycles. The van der Waals surface area contributed by atoms with Crippen molar-refractivity contribution in [3.63, 3.8) is 0 Å². The van der Waals surface area contributed by atoms with Crippen LogP contribution in [0.3, 0.4) is 0 Å². The van der Waals surface area contributed by atoms with Crippen molar-refractivity contribution in [1.29, 1.82) is 0 Å². The minimum Gasteiger partial charge on any atom is -0.383 e. The third-order valence-corrected chi connectivity index (χ3v) is 3.28. The van der Waals surface area contributed by atoms with E-state index in [1.807, 2.05) is 0 Å². The van der Waals surface area contributed by atoms with Crippen molar-refractivity contribution in [1.82, 2.24) is 10.2 Å². The largest absolute Gasteiger partial charge is 0.383 e. The van der Waals surface area contributed by atoms with Crippen LogP contribution in [-0.2, 0) is 4.74 Å². The normalized spacial score (nSPS) is 26.2. The second-order valence-corrected chi connectivity index (χ2v) is 4.66. The Hall–Kier alpha value is -0.120. The van der Waals surface area contributed by atoms with Crippen LogP contribution in [0.5, 0.6) is 0 Å². The predicted octanol–water partition coefficient (Wildman–Crippen LogP) is 1.49. The van der Waals surface area contributed by atoms with Gasteiger partial charge in [-0.1, -0.05) is 6.92 Å². The Labute approximate surface area is 94.2 Å². The summed E-state index contributed by atoms with van der Waals surface area (Å²) in [5.41, 5.74) is 0. The summed E-state index contributed by atoms with van der Waals surface area (Å²) >= 11 is 0. The van der Waals surface area contributed by atoms with Crippen molar-refractivity contribution in [2.45, 2.75) is 44.7 Å². The zero-order chi connectivity index (χ0) is 11.1. The summed E-state index contributed by atoms with van der Waals surface area (Å²) in [6, 6.07) is 1.22. The van der Waals surface area contributed by atoms with Gasteiger partial charge in [0, 0.05) is 19.2 Å². The Bertz CT molecular complexity index is 164. The van der Waals surface area contributed by atoms with Crippen molar-refractivity contribution in [3.8, 4) is 0 Å². The van der Waals surface area contributed by atoms with E-state index in [1.54, 1.807) is 7.11 Å². The van der Waals surface area contributed by atoms with Gasteiger partial charge in [-0.2, -0.15) is 0 Å². The summed E-state index contributed by atoms with van der Waals surface area (Å²) < 4.78 is 5.22. The first-order valence-electron chi connectivity index (χ1n) is 6.19. The number of rotatable bonds is 5. The number of methoxy groups -OCH3 is 1. The van der Waals surface area contributed by atoms with E-state index >= 15 is 0 Å². The Morgan fingerprint density at radius 1 is 1.40 bits per heavy atom. The van der Waals surface area contributed by atoms with Gasteiger partial charge in [0.15, 0.2) is 0 Å². The minimum atomic E-state index is 0.531. The third kappa shape index (κ3) is 4.96. The van der Waals surface area contributed by atoms with E-state index in [9.17, 15) is 0 Å². The first kappa shape index (κ1) is 12.9. The van der Waals surface area contributed by atoms with Crippen LogP contribution in [0.15, 0.2) is 0 Å². The summed E-state index contributed by atoms with van der Waals surface area (Å²) in [5, 5.41) is 3.72. The molecule has 1 rings (SSSR count). The molecule has 0 aliphatic carbocycles. The van der Waals surface area contributed by atoms with Crippen LogP contribution in [0, 0.1) is 0 Å². The van der Waals surface area contributed by atoms with Gasteiger partial charge in [0.2, 0.25) is 0 Å². The van der Waals surface area contributed by atoms with Gasteiger partial charge in [-0.3, -0.25) is 0 Å². The van der Waals surface area contributed by atoms with Crippen molar-refractivity contribution in [3.05, 3.63) is 0 Å². The van der Waals surface area contributed by atoms with Crippen LogP contribution < -0.4 is 5.32 Å². The van der Waals surface area contributed by atoms with Crippen LogP contribution in [0.25, 0.3) is 0 Å². The van der Waals surface area contributed by atoms with Gasteiger partial charge >= 0.3 is 0 Å². The Kier molecular flexibility index (Phi) is 6.22. The number of nitrogens with one attached hydrogen (secondary N) is 1. The maximum Gasteiger partial charge on any atom is 0.0615 e. The molecule has 0 bridgehead atoms. The topological polar surface area (TPSA) is 24.5 Å². The predicted molar refractivity (Wildman–Crippen MR) is 64.2 cm³/mol. The molecular formula is C12H26N2O. The molecule has 0 aromatic rings. The van der Waals surface area contributed by atoms with E-state index < -0.39 is 0 Å². The molecule has 1 heterocycles. The molecule has 2 atom stereocenters. The molecule has 1 aliphatic rings. The second-order valence-electron chi connectivity index (χ2n) is 4.66. The van der Waals surface area contributed by atoms with Crippen molar-refractivity contribution in [2.24, 2.45) is 0 Å². The van der Waals surface area contributed by atoms with Crippen LogP contribution >= 0.6 is 0 Å². The van der Waals surface area contributed by atoms with E-state index in [0.717, 1.165) is 13.0 Å². The third-order valence-electron chi connectivity index (χ3n) is 3.28. The molecule has 2 unspecified atom stereocenters. The standard InChI is InChI=1S/C12H26N2O/c1-4-11(10-15-3)13-12-6-5-8-14(2)9-7-12/h11-13H,4-10H2,1-3H3.